The number of amides is 2. The van der Waals surface area contributed by atoms with Gasteiger partial charge < -0.3 is 20.3 Å². The average Bonchev–Trinajstić information content (AvgIpc) is 3.13. The van der Waals surface area contributed by atoms with Crippen LogP contribution in [0.4, 0.5) is 11.4 Å². The lowest BCUT2D eigenvalue weighted by atomic mass is 10.0. The van der Waals surface area contributed by atoms with E-state index in [1.54, 1.807) is 24.1 Å². The summed E-state index contributed by atoms with van der Waals surface area (Å²) >= 11 is 0. The zero-order valence-corrected chi connectivity index (χ0v) is 19.9. The van der Waals surface area contributed by atoms with Gasteiger partial charge in [-0.05, 0) is 60.4 Å². The van der Waals surface area contributed by atoms with Crippen molar-refractivity contribution in [1.29, 1.82) is 0 Å². The van der Waals surface area contributed by atoms with Crippen molar-refractivity contribution in [3.05, 3.63) is 94.5 Å². The summed E-state index contributed by atoms with van der Waals surface area (Å²) in [4.78, 5) is 28.0. The minimum Gasteiger partial charge on any atom is -0.383 e. The topological polar surface area (TPSA) is 70.7 Å². The number of hydrogen-bond acceptors (Lipinski definition) is 4. The predicted octanol–water partition coefficient (Wildman–Crippen LogP) is 5.28. The van der Waals surface area contributed by atoms with Crippen molar-refractivity contribution in [1.82, 2.24) is 4.90 Å². The van der Waals surface area contributed by atoms with Gasteiger partial charge in [0.2, 0.25) is 0 Å². The number of methoxy groups -OCH3 is 1. The third-order valence-corrected chi connectivity index (χ3v) is 6.23. The SMILES string of the molecule is CCc1ccc(NC(=O)c2ccc3c(c2)C(=O)N(CCOC)[C@@H]3Nc2ccc(CC)cc2)cc1. The first-order chi connectivity index (χ1) is 16.5. The Bertz CT molecular complexity index is 1160. The van der Waals surface area contributed by atoms with E-state index in [2.05, 4.69) is 36.6 Å². The molecule has 3 aromatic carbocycles. The highest BCUT2D eigenvalue weighted by atomic mass is 16.5. The molecule has 0 unspecified atom stereocenters. The largest absolute Gasteiger partial charge is 0.383 e. The molecule has 0 aromatic heterocycles. The maximum atomic E-state index is 13.3. The summed E-state index contributed by atoms with van der Waals surface area (Å²) in [5.74, 6) is -0.355. The molecule has 1 aliphatic heterocycles. The molecule has 0 spiro atoms. The number of rotatable bonds is 9. The van der Waals surface area contributed by atoms with Gasteiger partial charge in [0.1, 0.15) is 6.17 Å². The van der Waals surface area contributed by atoms with Crippen LogP contribution in [0.5, 0.6) is 0 Å². The summed E-state index contributed by atoms with van der Waals surface area (Å²) in [5.41, 5.74) is 5.96. The van der Waals surface area contributed by atoms with Crippen LogP contribution < -0.4 is 10.6 Å². The molecule has 6 nitrogen and oxygen atoms in total. The second-order valence-electron chi connectivity index (χ2n) is 8.40. The summed E-state index contributed by atoms with van der Waals surface area (Å²) in [6, 6.07) is 21.3. The van der Waals surface area contributed by atoms with Gasteiger partial charge in [-0.25, -0.2) is 0 Å². The number of hydrogen-bond donors (Lipinski definition) is 2. The van der Waals surface area contributed by atoms with Crippen molar-refractivity contribution in [2.45, 2.75) is 32.9 Å². The van der Waals surface area contributed by atoms with Crippen LogP contribution in [0.15, 0.2) is 66.7 Å². The Balaban J connectivity index is 1.58. The van der Waals surface area contributed by atoms with Crippen molar-refractivity contribution < 1.29 is 14.3 Å². The highest BCUT2D eigenvalue weighted by Crippen LogP contribution is 2.35. The predicted molar refractivity (Wildman–Crippen MR) is 135 cm³/mol. The molecule has 1 heterocycles. The molecule has 0 bridgehead atoms. The number of ether oxygens (including phenoxy) is 1. The lowest BCUT2D eigenvalue weighted by molar-refractivity contribution is 0.0674. The Morgan fingerprint density at radius 1 is 0.912 bits per heavy atom. The molecular formula is C28H31N3O3. The summed E-state index contributed by atoms with van der Waals surface area (Å²) in [5, 5.41) is 6.41. The average molecular weight is 458 g/mol. The molecule has 0 saturated heterocycles. The zero-order chi connectivity index (χ0) is 24.1. The molecule has 0 aliphatic carbocycles. The van der Waals surface area contributed by atoms with Crippen LogP contribution in [0, 0.1) is 0 Å². The molecule has 6 heteroatoms. The number of fused-ring (bicyclic) bond motifs is 1. The minimum absolute atomic E-state index is 0.114. The van der Waals surface area contributed by atoms with Gasteiger partial charge in [-0.3, -0.25) is 9.59 Å². The van der Waals surface area contributed by atoms with E-state index in [9.17, 15) is 9.59 Å². The fraction of sp³-hybridized carbons (Fsp3) is 0.286. The van der Waals surface area contributed by atoms with Crippen LogP contribution in [0.25, 0.3) is 0 Å². The molecule has 3 aromatic rings. The van der Waals surface area contributed by atoms with Crippen LogP contribution >= 0.6 is 0 Å². The monoisotopic (exact) mass is 457 g/mol. The van der Waals surface area contributed by atoms with Gasteiger partial charge in [0, 0.05) is 41.7 Å². The van der Waals surface area contributed by atoms with Crippen LogP contribution in [-0.2, 0) is 17.6 Å². The Hall–Kier alpha value is -3.64. The zero-order valence-electron chi connectivity index (χ0n) is 19.9. The second-order valence-corrected chi connectivity index (χ2v) is 8.40. The number of nitrogens with zero attached hydrogens (tertiary/aromatic N) is 1. The fourth-order valence-electron chi connectivity index (χ4n) is 4.16. The van der Waals surface area contributed by atoms with E-state index >= 15 is 0 Å². The number of benzene rings is 3. The Kier molecular flexibility index (Phi) is 7.28. The maximum absolute atomic E-state index is 13.3. The number of carbonyl (C=O) groups is 2. The highest BCUT2D eigenvalue weighted by molar-refractivity contribution is 6.07. The summed E-state index contributed by atoms with van der Waals surface area (Å²) in [6.07, 6.45) is 1.58. The van der Waals surface area contributed by atoms with Crippen molar-refractivity contribution >= 4 is 23.2 Å². The Morgan fingerprint density at radius 3 is 2.12 bits per heavy atom. The molecular weight excluding hydrogens is 426 g/mol. The third kappa shape index (κ3) is 4.97. The normalized spacial score (nSPS) is 14.7. The van der Waals surface area contributed by atoms with Crippen molar-refractivity contribution in [2.24, 2.45) is 0 Å². The van der Waals surface area contributed by atoms with Crippen molar-refractivity contribution in [3.63, 3.8) is 0 Å². The smallest absolute Gasteiger partial charge is 0.256 e. The molecule has 34 heavy (non-hydrogen) atoms. The van der Waals surface area contributed by atoms with E-state index in [1.807, 2.05) is 42.5 Å². The van der Waals surface area contributed by atoms with E-state index in [4.69, 9.17) is 4.74 Å². The quantitative estimate of drug-likeness (QED) is 0.459. The Labute approximate surface area is 200 Å². The molecule has 0 saturated carbocycles. The van der Waals surface area contributed by atoms with E-state index in [1.165, 1.54) is 11.1 Å². The minimum atomic E-state index is -0.330. The van der Waals surface area contributed by atoms with Crippen LogP contribution in [0.2, 0.25) is 0 Å². The molecule has 0 fully saturated rings. The second kappa shape index (κ2) is 10.5. The maximum Gasteiger partial charge on any atom is 0.256 e. The number of carbonyl (C=O) groups excluding carboxylic acids is 2. The van der Waals surface area contributed by atoms with Crippen molar-refractivity contribution in [2.75, 3.05) is 30.9 Å². The molecule has 0 radical (unpaired) electrons. The van der Waals surface area contributed by atoms with E-state index in [0.717, 1.165) is 29.8 Å². The first kappa shape index (κ1) is 23.5. The van der Waals surface area contributed by atoms with Gasteiger partial charge in [-0.1, -0.05) is 44.2 Å². The van der Waals surface area contributed by atoms with Gasteiger partial charge in [-0.2, -0.15) is 0 Å². The van der Waals surface area contributed by atoms with Crippen LogP contribution in [-0.4, -0.2) is 37.0 Å². The van der Waals surface area contributed by atoms with Gasteiger partial charge in [0.05, 0.1) is 6.61 Å². The van der Waals surface area contributed by atoms with Gasteiger partial charge >= 0.3 is 0 Å². The summed E-state index contributed by atoms with van der Waals surface area (Å²) < 4.78 is 5.24. The third-order valence-electron chi connectivity index (χ3n) is 6.23. The molecule has 2 N–H and O–H groups in total. The van der Waals surface area contributed by atoms with Gasteiger partial charge in [-0.15, -0.1) is 0 Å². The fourth-order valence-corrected chi connectivity index (χ4v) is 4.16. The first-order valence-electron chi connectivity index (χ1n) is 11.7. The van der Waals surface area contributed by atoms with E-state index < -0.39 is 0 Å². The molecule has 1 aliphatic rings. The first-order valence-corrected chi connectivity index (χ1v) is 11.7. The standard InChI is InChI=1S/C28H31N3O3/c1-4-19-6-11-22(12-7-19)29-26-24-15-10-21(18-25(24)28(33)31(26)16-17-34-3)27(32)30-23-13-8-20(5-2)9-14-23/h6-15,18,26,29H,4-5,16-17H2,1-3H3,(H,30,32)/t26-/m0/s1. The molecule has 2 amide bonds. The number of nitrogens with one attached hydrogen (secondary N) is 2. The lowest BCUT2D eigenvalue weighted by Gasteiger charge is -2.27. The van der Waals surface area contributed by atoms with Crippen LogP contribution in [0.3, 0.4) is 0 Å². The Morgan fingerprint density at radius 2 is 1.53 bits per heavy atom. The van der Waals surface area contributed by atoms with E-state index in [-0.39, 0.29) is 18.0 Å². The number of aryl methyl sites for hydroxylation is 2. The number of anilines is 2. The summed E-state index contributed by atoms with van der Waals surface area (Å²) in [7, 11) is 1.62. The van der Waals surface area contributed by atoms with Gasteiger partial charge in [0.15, 0.2) is 0 Å². The van der Waals surface area contributed by atoms with Crippen LogP contribution in [0.1, 0.15) is 57.4 Å². The van der Waals surface area contributed by atoms with E-state index in [0.29, 0.717) is 24.3 Å². The molecule has 4 rings (SSSR count). The van der Waals surface area contributed by atoms with Crippen molar-refractivity contribution in [3.8, 4) is 0 Å². The molecule has 1 atom stereocenters. The molecule has 176 valence electrons. The van der Waals surface area contributed by atoms with Gasteiger partial charge in [0.25, 0.3) is 11.8 Å². The summed E-state index contributed by atoms with van der Waals surface area (Å²) in [6.45, 7) is 5.08. The highest BCUT2D eigenvalue weighted by Gasteiger charge is 2.37. The lowest BCUT2D eigenvalue weighted by Crippen LogP contribution is -2.34.